The van der Waals surface area contributed by atoms with Crippen molar-refractivity contribution < 1.29 is 72.0 Å². The van der Waals surface area contributed by atoms with Crippen LogP contribution in [0, 0.1) is 34.0 Å². The third-order valence-electron chi connectivity index (χ3n) is 14.2. The first-order valence-corrected chi connectivity index (χ1v) is 16.9. The molecule has 0 aromatic rings. The average Bonchev–Trinajstić information content (AvgIpc) is 3.41. The Bertz CT molecular complexity index is 1490. The Morgan fingerprint density at radius 2 is 1.60 bits per heavy atom. The monoisotopic (exact) mass is 680 g/mol. The second-order valence-corrected chi connectivity index (χ2v) is 16.3. The van der Waals surface area contributed by atoms with Crippen LogP contribution in [0.3, 0.4) is 0 Å². The number of carbonyl (C=O) groups excluding carboxylic acids is 3. The molecular weight excluding hydrogens is 636 g/mol. The van der Waals surface area contributed by atoms with Crippen LogP contribution in [0.25, 0.3) is 0 Å². The minimum atomic E-state index is -1.57. The Morgan fingerprint density at radius 3 is 2.29 bits per heavy atom. The summed E-state index contributed by atoms with van der Waals surface area (Å²) in [5, 5.41) is 25.0. The van der Waals surface area contributed by atoms with Gasteiger partial charge in [-0.15, -0.1) is 0 Å². The number of hydrogen-bond donors (Lipinski definition) is 2. The van der Waals surface area contributed by atoms with E-state index < -0.39 is 124 Å². The van der Waals surface area contributed by atoms with E-state index in [0.29, 0.717) is 12.8 Å². The SMILES string of the molecule is COC(=O)[C@H]1OC[C@@]23[C@@H]4C[C@@H](OC(C)(C)O4)[C@@]4(C(=O)OC)CO[C@@H]([C@@H](O)[C@@](C)([C@]56O[C@@]5(C)[C@H]5C[C@@H]6O[C@@H]6O[C@@H](OC(C)=O)C[C@@]65O)[C@H]12)[C@@H]43. The molecule has 6 heterocycles. The van der Waals surface area contributed by atoms with Gasteiger partial charge in [-0.05, 0) is 27.2 Å². The first-order valence-electron chi connectivity index (χ1n) is 16.9. The zero-order chi connectivity index (χ0) is 34.2. The highest BCUT2D eigenvalue weighted by Crippen LogP contribution is 2.82. The first-order chi connectivity index (χ1) is 22.5. The number of fused-ring (bicyclic) bond motifs is 10. The molecule has 2 N–H and O–H groups in total. The summed E-state index contributed by atoms with van der Waals surface area (Å²) in [5.74, 6) is -4.91. The molecule has 6 saturated heterocycles. The molecule has 6 aliphatic heterocycles. The average molecular weight is 681 g/mol. The van der Waals surface area contributed by atoms with Gasteiger partial charge in [0.25, 0.3) is 0 Å². The summed E-state index contributed by atoms with van der Waals surface area (Å²) in [6.07, 6.45) is -6.85. The Balaban J connectivity index is 1.22. The van der Waals surface area contributed by atoms with Crippen molar-refractivity contribution in [2.45, 2.75) is 126 Å². The van der Waals surface area contributed by atoms with Crippen LogP contribution in [-0.2, 0) is 61.8 Å². The number of hydrogen-bond acceptors (Lipinski definition) is 15. The molecule has 15 nitrogen and oxygen atoms in total. The number of rotatable bonds is 4. The molecule has 0 unspecified atom stereocenters. The molecule has 9 rings (SSSR count). The Labute approximate surface area is 277 Å². The van der Waals surface area contributed by atoms with E-state index in [-0.39, 0.29) is 19.6 Å². The van der Waals surface area contributed by atoms with Gasteiger partial charge >= 0.3 is 17.9 Å². The van der Waals surface area contributed by atoms with Crippen molar-refractivity contribution in [3.63, 3.8) is 0 Å². The van der Waals surface area contributed by atoms with Gasteiger partial charge in [0.05, 0.1) is 58.0 Å². The van der Waals surface area contributed by atoms with Crippen LogP contribution in [0.15, 0.2) is 0 Å². The molecule has 0 radical (unpaired) electrons. The van der Waals surface area contributed by atoms with Crippen LogP contribution in [0.4, 0.5) is 0 Å². The smallest absolute Gasteiger partial charge is 0.335 e. The molecule has 9 aliphatic rings. The number of esters is 3. The van der Waals surface area contributed by atoms with Crippen LogP contribution < -0.4 is 0 Å². The van der Waals surface area contributed by atoms with Crippen LogP contribution in [-0.4, -0.2) is 127 Å². The molecule has 3 aliphatic carbocycles. The predicted octanol–water partition coefficient (Wildman–Crippen LogP) is -0.0471. The molecule has 17 atom stereocenters. The van der Waals surface area contributed by atoms with Crippen LogP contribution in [0.1, 0.15) is 53.9 Å². The normalized spacial score (nSPS) is 59.1. The van der Waals surface area contributed by atoms with Crippen molar-refractivity contribution in [2.75, 3.05) is 27.4 Å². The maximum atomic E-state index is 14.1. The number of carbonyl (C=O) groups is 3. The number of aliphatic hydroxyl groups excluding tert-OH is 1. The van der Waals surface area contributed by atoms with Crippen LogP contribution in [0.2, 0.25) is 0 Å². The lowest BCUT2D eigenvalue weighted by Crippen LogP contribution is -2.79. The van der Waals surface area contributed by atoms with Gasteiger partial charge in [-0.3, -0.25) is 9.59 Å². The summed E-state index contributed by atoms with van der Waals surface area (Å²) in [6.45, 7) is 8.55. The van der Waals surface area contributed by atoms with E-state index in [4.69, 9.17) is 47.4 Å². The number of methoxy groups -OCH3 is 2. The summed E-state index contributed by atoms with van der Waals surface area (Å²) in [5.41, 5.74) is -7.68. The molecule has 15 heteroatoms. The van der Waals surface area contributed by atoms with Crippen molar-refractivity contribution in [2.24, 2.45) is 34.0 Å². The summed E-state index contributed by atoms with van der Waals surface area (Å²) in [7, 11) is 2.61. The standard InChI is InChI=1S/C33H44O15/c1-13(34)43-18-10-32(38)14-8-17(44-26(32)45-18)33(29(14,5)48-33)28(4)21-20(24(36)39-6)42-11-30(21)15-9-16(47-27(2,3)46-15)31(25(37)40-7)12-41-19(22(30)31)23(28)35/h14-23,26,35,38H,8-12H2,1-7H3/t14-,15+,16-,17+,18-,19-,20+,21+,22-,23-,26-,28+,29+,30-,31+,32+,33+/m1/s1. The van der Waals surface area contributed by atoms with Gasteiger partial charge in [0.1, 0.15) is 22.2 Å². The summed E-state index contributed by atoms with van der Waals surface area (Å²) < 4.78 is 61.6. The van der Waals surface area contributed by atoms with E-state index in [9.17, 15) is 24.6 Å². The Morgan fingerprint density at radius 1 is 0.875 bits per heavy atom. The third-order valence-corrected chi connectivity index (χ3v) is 14.2. The minimum absolute atomic E-state index is 0.0119. The molecular formula is C33H44O15. The highest BCUT2D eigenvalue weighted by atomic mass is 16.8. The fourth-order valence-electron chi connectivity index (χ4n) is 12.8. The summed E-state index contributed by atoms with van der Waals surface area (Å²) >= 11 is 0. The van der Waals surface area contributed by atoms with E-state index >= 15 is 0 Å². The number of aliphatic hydroxyl groups is 2. The third kappa shape index (κ3) is 3.23. The fraction of sp³-hybridized carbons (Fsp3) is 0.909. The minimum Gasteiger partial charge on any atom is -0.468 e. The zero-order valence-corrected chi connectivity index (χ0v) is 28.1. The van der Waals surface area contributed by atoms with Gasteiger partial charge in [0.2, 0.25) is 6.29 Å². The molecule has 0 amide bonds. The van der Waals surface area contributed by atoms with Crippen molar-refractivity contribution >= 4 is 17.9 Å². The van der Waals surface area contributed by atoms with Crippen LogP contribution >= 0.6 is 0 Å². The second-order valence-electron chi connectivity index (χ2n) is 16.3. The number of ether oxygens (including phenoxy) is 10. The van der Waals surface area contributed by atoms with E-state index in [0.717, 1.165) is 0 Å². The fourth-order valence-corrected chi connectivity index (χ4v) is 12.8. The lowest BCUT2D eigenvalue weighted by Gasteiger charge is -2.68. The topological polar surface area (TPSA) is 187 Å². The van der Waals surface area contributed by atoms with Crippen molar-refractivity contribution in [3.8, 4) is 0 Å². The lowest BCUT2D eigenvalue weighted by atomic mass is 9.37. The molecule has 48 heavy (non-hydrogen) atoms. The summed E-state index contributed by atoms with van der Waals surface area (Å²) in [4.78, 5) is 39.6. The lowest BCUT2D eigenvalue weighted by molar-refractivity contribution is -0.384. The van der Waals surface area contributed by atoms with E-state index in [1.54, 1.807) is 13.8 Å². The molecule has 9 fully saturated rings. The van der Waals surface area contributed by atoms with Gasteiger partial charge in [0, 0.05) is 48.3 Å². The van der Waals surface area contributed by atoms with Gasteiger partial charge < -0.3 is 57.6 Å². The van der Waals surface area contributed by atoms with E-state index in [1.165, 1.54) is 21.1 Å². The predicted molar refractivity (Wildman–Crippen MR) is 153 cm³/mol. The van der Waals surface area contributed by atoms with Crippen molar-refractivity contribution in [1.29, 1.82) is 0 Å². The van der Waals surface area contributed by atoms with Gasteiger partial charge in [-0.2, -0.15) is 0 Å². The summed E-state index contributed by atoms with van der Waals surface area (Å²) in [6, 6.07) is 0. The largest absolute Gasteiger partial charge is 0.468 e. The number of epoxide rings is 1. The Kier molecular flexibility index (Phi) is 6.19. The molecule has 3 saturated carbocycles. The van der Waals surface area contributed by atoms with E-state index in [1.807, 2.05) is 13.8 Å². The van der Waals surface area contributed by atoms with Gasteiger partial charge in [0.15, 0.2) is 18.2 Å². The van der Waals surface area contributed by atoms with E-state index in [2.05, 4.69) is 0 Å². The molecule has 1 spiro atoms. The second kappa shape index (κ2) is 9.28. The molecule has 0 aromatic heterocycles. The first kappa shape index (κ1) is 32.0. The molecule has 4 bridgehead atoms. The molecule has 266 valence electrons. The van der Waals surface area contributed by atoms with Gasteiger partial charge in [-0.25, -0.2) is 4.79 Å². The van der Waals surface area contributed by atoms with Crippen molar-refractivity contribution in [3.05, 3.63) is 0 Å². The Hall–Kier alpha value is -1.95. The molecule has 0 aromatic carbocycles. The van der Waals surface area contributed by atoms with Gasteiger partial charge in [-0.1, -0.05) is 6.92 Å². The van der Waals surface area contributed by atoms with Crippen LogP contribution in [0.5, 0.6) is 0 Å². The highest BCUT2D eigenvalue weighted by Gasteiger charge is 2.96. The van der Waals surface area contributed by atoms with Crippen molar-refractivity contribution in [1.82, 2.24) is 0 Å². The quantitative estimate of drug-likeness (QED) is 0.229. The zero-order valence-electron chi connectivity index (χ0n) is 28.1. The maximum Gasteiger partial charge on any atom is 0.335 e. The highest BCUT2D eigenvalue weighted by molar-refractivity contribution is 5.80. The maximum absolute atomic E-state index is 14.1.